The monoisotopic (exact) mass is 291 g/mol. The van der Waals surface area contributed by atoms with Gasteiger partial charge in [0, 0.05) is 11.1 Å². The molecule has 2 aromatic rings. The van der Waals surface area contributed by atoms with E-state index >= 15 is 0 Å². The summed E-state index contributed by atoms with van der Waals surface area (Å²) in [5.41, 5.74) is 1.54. The van der Waals surface area contributed by atoms with Gasteiger partial charge in [-0.3, -0.25) is 0 Å². The minimum atomic E-state index is -0.327. The first kappa shape index (κ1) is 15.6. The first-order valence-corrected chi connectivity index (χ1v) is 7.21. The molecular formula is C17H22FNO2. The molecule has 114 valence electrons. The Morgan fingerprint density at radius 1 is 1.29 bits per heavy atom. The van der Waals surface area contributed by atoms with Crippen LogP contribution in [0.15, 0.2) is 28.7 Å². The molecule has 0 aliphatic carbocycles. The maximum Gasteiger partial charge on any atom is 0.170 e. The molecule has 1 aromatic carbocycles. The average Bonchev–Trinajstić information content (AvgIpc) is 2.80. The van der Waals surface area contributed by atoms with Gasteiger partial charge in [-0.05, 0) is 38.9 Å². The Bertz CT molecular complexity index is 607. The second-order valence-corrected chi connectivity index (χ2v) is 5.12. The Hall–Kier alpha value is -1.81. The van der Waals surface area contributed by atoms with Crippen LogP contribution in [-0.4, -0.2) is 13.7 Å². The first-order chi connectivity index (χ1) is 10.1. The van der Waals surface area contributed by atoms with Gasteiger partial charge in [-0.25, -0.2) is 4.39 Å². The molecule has 3 nitrogen and oxygen atoms in total. The zero-order valence-electron chi connectivity index (χ0n) is 13.0. The van der Waals surface area contributed by atoms with Crippen molar-refractivity contribution in [3.8, 4) is 5.75 Å². The Morgan fingerprint density at radius 3 is 2.62 bits per heavy atom. The second kappa shape index (κ2) is 6.76. The topological polar surface area (TPSA) is 34.4 Å². The summed E-state index contributed by atoms with van der Waals surface area (Å²) in [6.45, 7) is 6.68. The second-order valence-electron chi connectivity index (χ2n) is 5.12. The third-order valence-electron chi connectivity index (χ3n) is 3.51. The summed E-state index contributed by atoms with van der Waals surface area (Å²) in [5, 5.41) is 3.39. The third kappa shape index (κ3) is 3.27. The number of benzene rings is 1. The van der Waals surface area contributed by atoms with Crippen LogP contribution in [0.5, 0.6) is 5.75 Å². The van der Waals surface area contributed by atoms with Gasteiger partial charge in [0.25, 0.3) is 0 Å². The van der Waals surface area contributed by atoms with E-state index < -0.39 is 0 Å². The van der Waals surface area contributed by atoms with Crippen molar-refractivity contribution in [3.63, 3.8) is 0 Å². The highest BCUT2D eigenvalue weighted by Crippen LogP contribution is 2.32. The van der Waals surface area contributed by atoms with Crippen molar-refractivity contribution in [2.24, 2.45) is 0 Å². The van der Waals surface area contributed by atoms with Crippen molar-refractivity contribution in [3.05, 3.63) is 52.7 Å². The smallest absolute Gasteiger partial charge is 0.170 e. The highest BCUT2D eigenvalue weighted by molar-refractivity contribution is 5.39. The minimum Gasteiger partial charge on any atom is -0.494 e. The maximum atomic E-state index is 14.6. The molecule has 0 bridgehead atoms. The summed E-state index contributed by atoms with van der Waals surface area (Å²) in [4.78, 5) is 0. The summed E-state index contributed by atoms with van der Waals surface area (Å²) in [6, 6.07) is 6.94. The van der Waals surface area contributed by atoms with Gasteiger partial charge in [-0.2, -0.15) is 0 Å². The molecule has 2 rings (SSSR count). The van der Waals surface area contributed by atoms with E-state index in [1.54, 1.807) is 18.2 Å². The van der Waals surface area contributed by atoms with E-state index in [1.807, 2.05) is 19.9 Å². The van der Waals surface area contributed by atoms with Gasteiger partial charge in [-0.15, -0.1) is 0 Å². The number of furan rings is 1. The van der Waals surface area contributed by atoms with Crippen molar-refractivity contribution in [1.29, 1.82) is 0 Å². The van der Waals surface area contributed by atoms with E-state index in [0.29, 0.717) is 5.56 Å². The van der Waals surface area contributed by atoms with Gasteiger partial charge in [-0.1, -0.05) is 19.1 Å². The summed E-state index contributed by atoms with van der Waals surface area (Å²) in [7, 11) is 1.48. The van der Waals surface area contributed by atoms with Crippen LogP contribution in [0.1, 0.15) is 42.0 Å². The molecule has 1 atom stereocenters. The van der Waals surface area contributed by atoms with Gasteiger partial charge in [0.1, 0.15) is 11.5 Å². The lowest BCUT2D eigenvalue weighted by atomic mass is 9.98. The number of rotatable bonds is 6. The lowest BCUT2D eigenvalue weighted by Crippen LogP contribution is -2.24. The predicted octanol–water partition coefficient (Wildman–Crippen LogP) is 4.13. The Kier molecular flexibility index (Phi) is 5.02. The lowest BCUT2D eigenvalue weighted by molar-refractivity contribution is 0.381. The van der Waals surface area contributed by atoms with Crippen molar-refractivity contribution < 1.29 is 13.5 Å². The Balaban J connectivity index is 2.48. The van der Waals surface area contributed by atoms with Gasteiger partial charge < -0.3 is 14.5 Å². The largest absolute Gasteiger partial charge is 0.494 e. The summed E-state index contributed by atoms with van der Waals surface area (Å²) in [5.74, 6) is 1.57. The quantitative estimate of drug-likeness (QED) is 0.869. The molecule has 1 unspecified atom stereocenters. The number of ether oxygens (including phenoxy) is 1. The zero-order chi connectivity index (χ0) is 15.4. The Labute approximate surface area is 125 Å². The van der Waals surface area contributed by atoms with Crippen LogP contribution >= 0.6 is 0 Å². The van der Waals surface area contributed by atoms with E-state index in [9.17, 15) is 4.39 Å². The van der Waals surface area contributed by atoms with Crippen LogP contribution in [0.4, 0.5) is 4.39 Å². The minimum absolute atomic E-state index is 0.238. The van der Waals surface area contributed by atoms with Gasteiger partial charge in [0.2, 0.25) is 0 Å². The molecule has 0 aliphatic rings. The molecule has 1 N–H and O–H groups in total. The normalized spacial score (nSPS) is 12.4. The standard InChI is InChI=1S/C17H22FNO2/c1-5-9-19-17(14-10-11(2)21-12(14)3)13-7-6-8-15(20-4)16(13)18/h6-8,10,17,19H,5,9H2,1-4H3. The molecule has 1 heterocycles. The van der Waals surface area contributed by atoms with Crippen molar-refractivity contribution in [2.45, 2.75) is 33.2 Å². The van der Waals surface area contributed by atoms with Crippen molar-refractivity contribution in [2.75, 3.05) is 13.7 Å². The van der Waals surface area contributed by atoms with Crippen LogP contribution < -0.4 is 10.1 Å². The molecule has 0 saturated heterocycles. The number of nitrogens with one attached hydrogen (secondary N) is 1. The summed E-state index contributed by atoms with van der Waals surface area (Å²) in [6.07, 6.45) is 0.970. The van der Waals surface area contributed by atoms with Crippen LogP contribution in [0, 0.1) is 19.7 Å². The van der Waals surface area contributed by atoms with Crippen LogP contribution in [0.25, 0.3) is 0 Å². The highest BCUT2D eigenvalue weighted by Gasteiger charge is 2.23. The van der Waals surface area contributed by atoms with E-state index in [4.69, 9.17) is 9.15 Å². The molecule has 0 spiro atoms. The van der Waals surface area contributed by atoms with E-state index in [1.165, 1.54) is 7.11 Å². The molecule has 0 saturated carbocycles. The molecule has 0 aliphatic heterocycles. The molecular weight excluding hydrogens is 269 g/mol. The summed E-state index contributed by atoms with van der Waals surface area (Å²) < 4.78 is 25.3. The van der Waals surface area contributed by atoms with Crippen molar-refractivity contribution >= 4 is 0 Å². The SMILES string of the molecule is CCCNC(c1cc(C)oc1C)c1cccc(OC)c1F. The molecule has 4 heteroatoms. The van der Waals surface area contributed by atoms with Crippen LogP contribution in [0.3, 0.4) is 0 Å². The van der Waals surface area contributed by atoms with Crippen LogP contribution in [-0.2, 0) is 0 Å². The van der Waals surface area contributed by atoms with Gasteiger partial charge in [0.05, 0.1) is 13.2 Å². The van der Waals surface area contributed by atoms with Crippen LogP contribution in [0.2, 0.25) is 0 Å². The van der Waals surface area contributed by atoms with E-state index in [-0.39, 0.29) is 17.6 Å². The van der Waals surface area contributed by atoms with Gasteiger partial charge in [0.15, 0.2) is 11.6 Å². The number of hydrogen-bond donors (Lipinski definition) is 1. The molecule has 1 aromatic heterocycles. The van der Waals surface area contributed by atoms with Gasteiger partial charge >= 0.3 is 0 Å². The molecule has 0 amide bonds. The maximum absolute atomic E-state index is 14.6. The Morgan fingerprint density at radius 2 is 2.05 bits per heavy atom. The first-order valence-electron chi connectivity index (χ1n) is 7.21. The molecule has 0 fully saturated rings. The molecule has 21 heavy (non-hydrogen) atoms. The summed E-state index contributed by atoms with van der Waals surface area (Å²) >= 11 is 0. The number of aryl methyl sites for hydroxylation is 2. The number of halogens is 1. The third-order valence-corrected chi connectivity index (χ3v) is 3.51. The fraction of sp³-hybridized carbons (Fsp3) is 0.412. The highest BCUT2D eigenvalue weighted by atomic mass is 19.1. The average molecular weight is 291 g/mol. The predicted molar refractivity (Wildman–Crippen MR) is 81.3 cm³/mol. The van der Waals surface area contributed by atoms with E-state index in [0.717, 1.165) is 30.0 Å². The fourth-order valence-electron chi connectivity index (χ4n) is 2.52. The zero-order valence-corrected chi connectivity index (χ0v) is 13.0. The number of methoxy groups -OCH3 is 1. The lowest BCUT2D eigenvalue weighted by Gasteiger charge is -2.20. The molecule has 0 radical (unpaired) electrons. The van der Waals surface area contributed by atoms with Crippen molar-refractivity contribution in [1.82, 2.24) is 5.32 Å². The fourth-order valence-corrected chi connectivity index (χ4v) is 2.52. The number of hydrogen-bond acceptors (Lipinski definition) is 3. The van der Waals surface area contributed by atoms with E-state index in [2.05, 4.69) is 12.2 Å².